The summed E-state index contributed by atoms with van der Waals surface area (Å²) < 4.78 is 0. The summed E-state index contributed by atoms with van der Waals surface area (Å²) in [5.41, 5.74) is 0.816. The maximum absolute atomic E-state index is 12.3. The summed E-state index contributed by atoms with van der Waals surface area (Å²) in [6.45, 7) is 0.761. The van der Waals surface area contributed by atoms with Crippen molar-refractivity contribution in [2.24, 2.45) is 0 Å². The Bertz CT molecular complexity index is 443. The molecule has 4 heteroatoms. The van der Waals surface area contributed by atoms with Crippen molar-refractivity contribution in [3.05, 3.63) is 29.8 Å². The van der Waals surface area contributed by atoms with Gasteiger partial charge in [0.15, 0.2) is 0 Å². The third kappa shape index (κ3) is 3.73. The summed E-state index contributed by atoms with van der Waals surface area (Å²) in [6, 6.07) is 7.51. The molecule has 0 aromatic heterocycles. The summed E-state index contributed by atoms with van der Waals surface area (Å²) in [5, 5.41) is 18.7. The number of hydrogen-bond acceptors (Lipinski definition) is 3. The van der Waals surface area contributed by atoms with Crippen molar-refractivity contribution in [2.75, 3.05) is 13.2 Å². The minimum absolute atomic E-state index is 0.121. The van der Waals surface area contributed by atoms with Gasteiger partial charge in [0.2, 0.25) is 5.91 Å². The molecule has 2 rings (SSSR count). The molecule has 0 unspecified atom stereocenters. The van der Waals surface area contributed by atoms with E-state index in [0.29, 0.717) is 31.8 Å². The Kier molecular flexibility index (Phi) is 5.41. The van der Waals surface area contributed by atoms with E-state index in [9.17, 15) is 9.90 Å². The van der Waals surface area contributed by atoms with Crippen LogP contribution in [0, 0.1) is 0 Å². The van der Waals surface area contributed by atoms with Crippen LogP contribution in [-0.2, 0) is 11.2 Å². The summed E-state index contributed by atoms with van der Waals surface area (Å²) in [7, 11) is 0. The van der Waals surface area contributed by atoms with E-state index in [1.807, 2.05) is 17.0 Å². The van der Waals surface area contributed by atoms with Gasteiger partial charge in [-0.2, -0.15) is 0 Å². The fourth-order valence-electron chi connectivity index (χ4n) is 2.56. The molecule has 1 fully saturated rings. The summed E-state index contributed by atoms with van der Waals surface area (Å²) in [5.74, 6) is 0.386. The van der Waals surface area contributed by atoms with Crippen LogP contribution < -0.4 is 0 Å². The molecule has 1 saturated carbocycles. The molecule has 1 aromatic rings. The number of phenols is 1. The molecule has 1 amide bonds. The highest BCUT2D eigenvalue weighted by Gasteiger charge is 2.27. The first kappa shape index (κ1) is 14.9. The monoisotopic (exact) mass is 277 g/mol. The molecule has 0 saturated heterocycles. The first-order valence-corrected chi connectivity index (χ1v) is 7.39. The Morgan fingerprint density at radius 3 is 2.65 bits per heavy atom. The molecule has 1 aromatic carbocycles. The van der Waals surface area contributed by atoms with Crippen LogP contribution in [-0.4, -0.2) is 40.2 Å². The maximum Gasteiger partial charge on any atom is 0.223 e. The highest BCUT2D eigenvalue weighted by molar-refractivity contribution is 5.77. The second-order valence-electron chi connectivity index (χ2n) is 5.38. The molecule has 1 aliphatic carbocycles. The van der Waals surface area contributed by atoms with Gasteiger partial charge in [-0.25, -0.2) is 0 Å². The largest absolute Gasteiger partial charge is 0.508 e. The fourth-order valence-corrected chi connectivity index (χ4v) is 2.56. The summed E-state index contributed by atoms with van der Waals surface area (Å²) in [4.78, 5) is 14.2. The maximum atomic E-state index is 12.3. The minimum Gasteiger partial charge on any atom is -0.508 e. The number of benzene rings is 1. The number of aliphatic hydroxyl groups is 1. The lowest BCUT2D eigenvalue weighted by Crippen LogP contribution is -2.45. The van der Waals surface area contributed by atoms with Crippen molar-refractivity contribution in [1.82, 2.24) is 4.90 Å². The first-order chi connectivity index (χ1) is 9.72. The average Bonchev–Trinajstić information content (AvgIpc) is 2.40. The molecular formula is C16H23NO3. The van der Waals surface area contributed by atoms with E-state index in [0.717, 1.165) is 18.4 Å². The third-order valence-corrected chi connectivity index (χ3v) is 3.99. The number of nitrogens with zero attached hydrogens (tertiary/aromatic N) is 1. The van der Waals surface area contributed by atoms with Gasteiger partial charge in [-0.05, 0) is 43.7 Å². The van der Waals surface area contributed by atoms with Gasteiger partial charge >= 0.3 is 0 Å². The van der Waals surface area contributed by atoms with E-state index in [2.05, 4.69) is 0 Å². The van der Waals surface area contributed by atoms with Gasteiger partial charge in [0.1, 0.15) is 5.75 Å². The highest BCUT2D eigenvalue weighted by Crippen LogP contribution is 2.26. The number of aliphatic hydroxyl groups excluding tert-OH is 1. The Balaban J connectivity index is 1.89. The number of aromatic hydroxyl groups is 1. The van der Waals surface area contributed by atoms with E-state index in [1.165, 1.54) is 6.42 Å². The van der Waals surface area contributed by atoms with Crippen molar-refractivity contribution < 1.29 is 15.0 Å². The summed E-state index contributed by atoms with van der Waals surface area (Å²) >= 11 is 0. The lowest BCUT2D eigenvalue weighted by Gasteiger charge is -2.37. The van der Waals surface area contributed by atoms with Crippen LogP contribution in [0.1, 0.15) is 37.7 Å². The number of hydrogen-bond donors (Lipinski definition) is 2. The standard InChI is InChI=1S/C16H23NO3/c18-12-4-11-17(14-6-3-7-14)16(20)10-9-13-5-1-2-8-15(13)19/h1-2,5,8,14,18-19H,3-4,6-7,9-12H2. The Labute approximate surface area is 120 Å². The molecule has 0 spiro atoms. The number of carbonyl (C=O) groups excluding carboxylic acids is 1. The second-order valence-corrected chi connectivity index (χ2v) is 5.38. The molecule has 0 aliphatic heterocycles. The van der Waals surface area contributed by atoms with Crippen molar-refractivity contribution >= 4 is 5.91 Å². The molecule has 4 nitrogen and oxygen atoms in total. The number of aryl methyl sites for hydroxylation is 1. The zero-order chi connectivity index (χ0) is 14.4. The molecular weight excluding hydrogens is 254 g/mol. The third-order valence-electron chi connectivity index (χ3n) is 3.99. The topological polar surface area (TPSA) is 60.8 Å². The predicted molar refractivity (Wildman–Crippen MR) is 77.5 cm³/mol. The fraction of sp³-hybridized carbons (Fsp3) is 0.562. The van der Waals surface area contributed by atoms with Crippen LogP contribution in [0.4, 0.5) is 0 Å². The number of carbonyl (C=O) groups is 1. The smallest absolute Gasteiger partial charge is 0.223 e. The van der Waals surface area contributed by atoms with Crippen molar-refractivity contribution in [1.29, 1.82) is 0 Å². The molecule has 0 heterocycles. The number of phenolic OH excluding ortho intramolecular Hbond substituents is 1. The van der Waals surface area contributed by atoms with E-state index in [-0.39, 0.29) is 18.3 Å². The molecule has 0 radical (unpaired) electrons. The number of amides is 1. The lowest BCUT2D eigenvalue weighted by atomic mass is 9.91. The van der Waals surface area contributed by atoms with Crippen LogP contribution >= 0.6 is 0 Å². The Hall–Kier alpha value is -1.55. The highest BCUT2D eigenvalue weighted by atomic mass is 16.3. The van der Waals surface area contributed by atoms with Gasteiger partial charge in [0, 0.05) is 25.6 Å². The quantitative estimate of drug-likeness (QED) is 0.802. The van der Waals surface area contributed by atoms with Crippen LogP contribution in [0.5, 0.6) is 5.75 Å². The normalized spacial score (nSPS) is 14.8. The minimum atomic E-state index is 0.121. The van der Waals surface area contributed by atoms with Crippen LogP contribution in [0.3, 0.4) is 0 Å². The number of para-hydroxylation sites is 1. The van der Waals surface area contributed by atoms with Crippen molar-refractivity contribution in [3.63, 3.8) is 0 Å². The van der Waals surface area contributed by atoms with Gasteiger partial charge in [0.05, 0.1) is 0 Å². The van der Waals surface area contributed by atoms with Crippen LogP contribution in [0.2, 0.25) is 0 Å². The molecule has 0 atom stereocenters. The molecule has 110 valence electrons. The Morgan fingerprint density at radius 2 is 2.05 bits per heavy atom. The lowest BCUT2D eigenvalue weighted by molar-refractivity contribution is -0.135. The van der Waals surface area contributed by atoms with Gasteiger partial charge in [-0.1, -0.05) is 18.2 Å². The Morgan fingerprint density at radius 1 is 1.30 bits per heavy atom. The predicted octanol–water partition coefficient (Wildman–Crippen LogP) is 2.09. The second kappa shape index (κ2) is 7.29. The van der Waals surface area contributed by atoms with E-state index in [1.54, 1.807) is 12.1 Å². The molecule has 2 N–H and O–H groups in total. The van der Waals surface area contributed by atoms with Gasteiger partial charge in [-0.15, -0.1) is 0 Å². The van der Waals surface area contributed by atoms with Gasteiger partial charge in [-0.3, -0.25) is 4.79 Å². The van der Waals surface area contributed by atoms with Crippen molar-refractivity contribution in [2.45, 2.75) is 44.6 Å². The SMILES string of the molecule is O=C(CCc1ccccc1O)N(CCCO)C1CCC1. The van der Waals surface area contributed by atoms with E-state index in [4.69, 9.17) is 5.11 Å². The van der Waals surface area contributed by atoms with E-state index >= 15 is 0 Å². The van der Waals surface area contributed by atoms with E-state index < -0.39 is 0 Å². The van der Waals surface area contributed by atoms with Crippen LogP contribution in [0.25, 0.3) is 0 Å². The summed E-state index contributed by atoms with van der Waals surface area (Å²) in [6.07, 6.45) is 4.96. The average molecular weight is 277 g/mol. The molecule has 20 heavy (non-hydrogen) atoms. The molecule has 1 aliphatic rings. The van der Waals surface area contributed by atoms with Gasteiger partial charge in [0.25, 0.3) is 0 Å². The van der Waals surface area contributed by atoms with Crippen LogP contribution in [0.15, 0.2) is 24.3 Å². The van der Waals surface area contributed by atoms with Gasteiger partial charge < -0.3 is 15.1 Å². The molecule has 0 bridgehead atoms. The first-order valence-electron chi connectivity index (χ1n) is 7.39. The zero-order valence-electron chi connectivity index (χ0n) is 11.8. The zero-order valence-corrected chi connectivity index (χ0v) is 11.8. The van der Waals surface area contributed by atoms with Crippen molar-refractivity contribution in [3.8, 4) is 5.75 Å². The number of rotatable bonds is 7.